The van der Waals surface area contributed by atoms with E-state index in [2.05, 4.69) is 10.1 Å². The Morgan fingerprint density at radius 2 is 2.00 bits per heavy atom. The fourth-order valence-corrected chi connectivity index (χ4v) is 1.34. The van der Waals surface area contributed by atoms with Crippen molar-refractivity contribution in [1.29, 1.82) is 5.26 Å². The number of methoxy groups -OCH3 is 2. The van der Waals surface area contributed by atoms with E-state index in [1.54, 1.807) is 6.92 Å². The van der Waals surface area contributed by atoms with Gasteiger partial charge in [0.2, 0.25) is 5.91 Å². The minimum Gasteiger partial charge on any atom is -0.467 e. The summed E-state index contributed by atoms with van der Waals surface area (Å²) in [6, 6.07) is 1.11. The van der Waals surface area contributed by atoms with Crippen molar-refractivity contribution in [2.45, 2.75) is 19.4 Å². The van der Waals surface area contributed by atoms with Crippen LogP contribution in [0.2, 0.25) is 0 Å². The molecule has 0 aliphatic heterocycles. The number of carbonyl (C=O) groups excluding carboxylic acids is 2. The minimum atomic E-state index is -0.844. The Kier molecular flexibility index (Phi) is 9.40. The van der Waals surface area contributed by atoms with E-state index < -0.39 is 17.9 Å². The third kappa shape index (κ3) is 7.39. The number of rotatable bonds is 9. The van der Waals surface area contributed by atoms with Crippen molar-refractivity contribution in [2.24, 2.45) is 5.92 Å². The Labute approximate surface area is 112 Å². The van der Waals surface area contributed by atoms with Crippen molar-refractivity contribution < 1.29 is 23.8 Å². The number of nitriles is 1. The first kappa shape index (κ1) is 17.4. The Hall–Kier alpha value is -1.65. The van der Waals surface area contributed by atoms with Crippen LogP contribution >= 0.6 is 0 Å². The molecule has 7 heteroatoms. The lowest BCUT2D eigenvalue weighted by Crippen LogP contribution is -2.47. The van der Waals surface area contributed by atoms with Gasteiger partial charge in [0, 0.05) is 19.4 Å². The largest absolute Gasteiger partial charge is 0.467 e. The number of hydrogen-bond donors (Lipinski definition) is 1. The van der Waals surface area contributed by atoms with E-state index in [-0.39, 0.29) is 18.9 Å². The van der Waals surface area contributed by atoms with Gasteiger partial charge in [0.05, 0.1) is 26.4 Å². The average Bonchev–Trinajstić information content (AvgIpc) is 2.40. The molecule has 0 radical (unpaired) electrons. The van der Waals surface area contributed by atoms with Gasteiger partial charge in [-0.25, -0.2) is 4.79 Å². The molecule has 19 heavy (non-hydrogen) atoms. The summed E-state index contributed by atoms with van der Waals surface area (Å²) in [5, 5.41) is 11.1. The summed E-state index contributed by atoms with van der Waals surface area (Å²) >= 11 is 0. The molecule has 108 valence electrons. The first-order chi connectivity index (χ1) is 9.06. The normalized spacial score (nSPS) is 13.2. The molecule has 0 aromatic rings. The van der Waals surface area contributed by atoms with Crippen molar-refractivity contribution >= 4 is 11.9 Å². The van der Waals surface area contributed by atoms with Gasteiger partial charge in [-0.05, 0) is 0 Å². The van der Waals surface area contributed by atoms with Gasteiger partial charge in [-0.2, -0.15) is 5.26 Å². The van der Waals surface area contributed by atoms with Crippen molar-refractivity contribution in [3.63, 3.8) is 0 Å². The highest BCUT2D eigenvalue weighted by molar-refractivity contribution is 5.85. The number of nitrogens with zero attached hydrogens (tertiary/aromatic N) is 1. The molecule has 0 saturated heterocycles. The second-order valence-electron chi connectivity index (χ2n) is 3.95. The van der Waals surface area contributed by atoms with Crippen molar-refractivity contribution in [3.8, 4) is 6.07 Å². The molecule has 0 fully saturated rings. The first-order valence-corrected chi connectivity index (χ1v) is 5.87. The zero-order valence-electron chi connectivity index (χ0n) is 11.5. The molecule has 0 aromatic heterocycles. The average molecular weight is 272 g/mol. The summed E-state index contributed by atoms with van der Waals surface area (Å²) in [6.45, 7) is 2.20. The van der Waals surface area contributed by atoms with Crippen LogP contribution in [0.4, 0.5) is 0 Å². The Balaban J connectivity index is 4.28. The number of nitrogens with one attached hydrogen (secondary N) is 1. The Morgan fingerprint density at radius 1 is 1.32 bits per heavy atom. The number of ether oxygens (including phenoxy) is 3. The lowest BCUT2D eigenvalue weighted by atomic mass is 9.99. The molecular weight excluding hydrogens is 252 g/mol. The summed E-state index contributed by atoms with van der Waals surface area (Å²) in [6.07, 6.45) is 0.143. The summed E-state index contributed by atoms with van der Waals surface area (Å²) in [7, 11) is 2.76. The van der Waals surface area contributed by atoms with E-state index in [1.807, 2.05) is 6.07 Å². The van der Waals surface area contributed by atoms with Crippen LogP contribution in [0.5, 0.6) is 0 Å². The molecule has 0 rings (SSSR count). The lowest BCUT2D eigenvalue weighted by molar-refractivity contribution is -0.147. The Morgan fingerprint density at radius 3 is 2.53 bits per heavy atom. The maximum Gasteiger partial charge on any atom is 0.328 e. The van der Waals surface area contributed by atoms with Crippen molar-refractivity contribution in [3.05, 3.63) is 0 Å². The summed E-state index contributed by atoms with van der Waals surface area (Å²) in [5.41, 5.74) is 0. The fourth-order valence-electron chi connectivity index (χ4n) is 1.34. The van der Waals surface area contributed by atoms with Crippen LogP contribution in [0.1, 0.15) is 13.3 Å². The predicted octanol–water partition coefficient (Wildman–Crippen LogP) is -0.143. The van der Waals surface area contributed by atoms with E-state index in [1.165, 1.54) is 14.2 Å². The van der Waals surface area contributed by atoms with Gasteiger partial charge < -0.3 is 19.5 Å². The van der Waals surface area contributed by atoms with E-state index >= 15 is 0 Å². The minimum absolute atomic E-state index is 0.143. The highest BCUT2D eigenvalue weighted by atomic mass is 16.5. The standard InChI is InChI=1S/C12H20N2O5/c1-9(4-5-13)11(12(16)18-3)14-10(15)8-19-7-6-17-2/h9,11H,4,6-8H2,1-3H3,(H,14,15)/t9-,11+/m0/s1. The molecular formula is C12H20N2O5. The van der Waals surface area contributed by atoms with Gasteiger partial charge in [0.1, 0.15) is 12.6 Å². The SMILES string of the molecule is COCCOCC(=O)N[C@@H](C(=O)OC)[C@@H](C)CC#N. The molecule has 0 aromatic carbocycles. The van der Waals surface area contributed by atoms with Gasteiger partial charge in [-0.3, -0.25) is 4.79 Å². The van der Waals surface area contributed by atoms with Gasteiger partial charge in [0.25, 0.3) is 0 Å². The molecule has 7 nitrogen and oxygen atoms in total. The van der Waals surface area contributed by atoms with Crippen molar-refractivity contribution in [2.75, 3.05) is 34.0 Å². The quantitative estimate of drug-likeness (QED) is 0.463. The molecule has 1 N–H and O–H groups in total. The van der Waals surface area contributed by atoms with Crippen LogP contribution < -0.4 is 5.32 Å². The topological polar surface area (TPSA) is 97.7 Å². The zero-order valence-corrected chi connectivity index (χ0v) is 11.5. The summed E-state index contributed by atoms with van der Waals surface area (Å²) in [4.78, 5) is 23.1. The fraction of sp³-hybridized carbons (Fsp3) is 0.750. The molecule has 2 atom stereocenters. The van der Waals surface area contributed by atoms with Crippen LogP contribution in [-0.4, -0.2) is 52.0 Å². The van der Waals surface area contributed by atoms with E-state index in [4.69, 9.17) is 14.7 Å². The van der Waals surface area contributed by atoms with Crippen LogP contribution in [0, 0.1) is 17.2 Å². The monoisotopic (exact) mass is 272 g/mol. The van der Waals surface area contributed by atoms with E-state index in [0.717, 1.165) is 0 Å². The van der Waals surface area contributed by atoms with Crippen molar-refractivity contribution in [1.82, 2.24) is 5.32 Å². The maximum atomic E-state index is 11.6. The number of amides is 1. The predicted molar refractivity (Wildman–Crippen MR) is 66.0 cm³/mol. The van der Waals surface area contributed by atoms with Gasteiger partial charge in [-0.15, -0.1) is 0 Å². The summed E-state index contributed by atoms with van der Waals surface area (Å²) < 4.78 is 14.4. The second kappa shape index (κ2) is 10.3. The summed E-state index contributed by atoms with van der Waals surface area (Å²) in [5.74, 6) is -1.34. The van der Waals surface area contributed by atoms with Gasteiger partial charge in [0.15, 0.2) is 0 Å². The molecule has 1 amide bonds. The first-order valence-electron chi connectivity index (χ1n) is 5.87. The maximum absolute atomic E-state index is 11.6. The van der Waals surface area contributed by atoms with E-state index in [9.17, 15) is 9.59 Å². The zero-order chi connectivity index (χ0) is 14.7. The number of hydrogen-bond acceptors (Lipinski definition) is 6. The molecule has 0 aliphatic rings. The van der Waals surface area contributed by atoms with Crippen LogP contribution in [0.3, 0.4) is 0 Å². The highest BCUT2D eigenvalue weighted by Gasteiger charge is 2.27. The molecule has 0 aliphatic carbocycles. The van der Waals surface area contributed by atoms with Crippen LogP contribution in [-0.2, 0) is 23.8 Å². The Bertz CT molecular complexity index is 327. The lowest BCUT2D eigenvalue weighted by Gasteiger charge is -2.20. The second-order valence-corrected chi connectivity index (χ2v) is 3.95. The molecule has 0 unspecified atom stereocenters. The van der Waals surface area contributed by atoms with Crippen LogP contribution in [0.25, 0.3) is 0 Å². The highest BCUT2D eigenvalue weighted by Crippen LogP contribution is 2.09. The van der Waals surface area contributed by atoms with Gasteiger partial charge >= 0.3 is 5.97 Å². The van der Waals surface area contributed by atoms with Crippen LogP contribution in [0.15, 0.2) is 0 Å². The third-order valence-corrected chi connectivity index (χ3v) is 2.42. The molecule has 0 saturated carbocycles. The smallest absolute Gasteiger partial charge is 0.328 e. The van der Waals surface area contributed by atoms with E-state index in [0.29, 0.717) is 13.2 Å². The molecule has 0 bridgehead atoms. The third-order valence-electron chi connectivity index (χ3n) is 2.42. The number of carbonyl (C=O) groups is 2. The number of esters is 1. The van der Waals surface area contributed by atoms with Gasteiger partial charge in [-0.1, -0.05) is 6.92 Å². The molecule has 0 spiro atoms. The molecule has 0 heterocycles.